The van der Waals surface area contributed by atoms with Crippen molar-refractivity contribution in [2.45, 2.75) is 0 Å². The number of carbonyl (C=O) groups is 1. The summed E-state index contributed by atoms with van der Waals surface area (Å²) < 4.78 is 0. The molecule has 2 aromatic rings. The van der Waals surface area contributed by atoms with Crippen molar-refractivity contribution < 1.29 is 9.90 Å². The second-order valence-corrected chi connectivity index (χ2v) is 5.15. The van der Waals surface area contributed by atoms with E-state index < -0.39 is 5.97 Å². The molecule has 4 nitrogen and oxygen atoms in total. The average Bonchev–Trinajstić information content (AvgIpc) is 2.63. The molecule has 0 saturated carbocycles. The highest BCUT2D eigenvalue weighted by atomic mass is 16.4. The molecule has 0 atom stereocenters. The van der Waals surface area contributed by atoms with Gasteiger partial charge in [0.2, 0.25) is 0 Å². The molecule has 0 unspecified atom stereocenters. The number of hydrogen-bond donors (Lipinski definition) is 2. The number of para-hydroxylation sites is 1. The molecule has 0 radical (unpaired) electrons. The average molecular weight is 310 g/mol. The van der Waals surface area contributed by atoms with Gasteiger partial charge in [-0.25, -0.2) is 4.79 Å². The highest BCUT2D eigenvalue weighted by molar-refractivity contribution is 5.85. The Hall–Kier alpha value is -2.59. The Labute approximate surface area is 137 Å². The van der Waals surface area contributed by atoms with Crippen LogP contribution in [0.4, 0.5) is 5.69 Å². The maximum Gasteiger partial charge on any atom is 0.328 e. The van der Waals surface area contributed by atoms with E-state index >= 15 is 0 Å². The Bertz CT molecular complexity index is 606. The molecule has 0 aromatic heterocycles. The van der Waals surface area contributed by atoms with Gasteiger partial charge in [-0.05, 0) is 23.8 Å². The quantitative estimate of drug-likeness (QED) is 0.856. The zero-order valence-corrected chi connectivity index (χ0v) is 13.1. The fourth-order valence-electron chi connectivity index (χ4n) is 2.29. The van der Waals surface area contributed by atoms with Gasteiger partial charge in [0.25, 0.3) is 0 Å². The highest BCUT2D eigenvalue weighted by Crippen LogP contribution is 2.12. The molecule has 23 heavy (non-hydrogen) atoms. The van der Waals surface area contributed by atoms with E-state index in [-0.39, 0.29) is 0 Å². The van der Waals surface area contributed by atoms with Crippen molar-refractivity contribution in [2.75, 3.05) is 31.1 Å². The lowest BCUT2D eigenvalue weighted by Gasteiger charge is -2.29. The first kappa shape index (κ1) is 16.8. The predicted molar refractivity (Wildman–Crippen MR) is 94.6 cm³/mol. The third kappa shape index (κ3) is 6.36. The molecule has 120 valence electrons. The second-order valence-electron chi connectivity index (χ2n) is 5.15. The number of carboxylic acids is 1. The molecule has 1 fully saturated rings. The molecule has 3 rings (SSSR count). The van der Waals surface area contributed by atoms with E-state index in [0.29, 0.717) is 0 Å². The van der Waals surface area contributed by atoms with Crippen LogP contribution in [-0.4, -0.2) is 37.3 Å². The molecule has 1 aliphatic rings. The van der Waals surface area contributed by atoms with E-state index in [4.69, 9.17) is 5.11 Å². The third-order valence-electron chi connectivity index (χ3n) is 3.46. The second kappa shape index (κ2) is 9.43. The standard InChI is InChI=1S/C10H14N2.C9H8O2/c1-2-4-10(5-3-1)12-8-6-11-7-9-12;10-9(11)7-6-8-4-2-1-3-5-8/h1-5,11H,6-9H2;1-7H,(H,10,11). The van der Waals surface area contributed by atoms with E-state index in [9.17, 15) is 4.79 Å². The molecular formula is C19H22N2O2. The first-order chi connectivity index (χ1) is 11.3. The normalized spacial score (nSPS) is 14.2. The van der Waals surface area contributed by atoms with Gasteiger partial charge in [0.15, 0.2) is 0 Å². The Kier molecular flexibility index (Phi) is 6.88. The number of carboxylic acid groups (broad SMARTS) is 1. The molecular weight excluding hydrogens is 288 g/mol. The van der Waals surface area contributed by atoms with Gasteiger partial charge >= 0.3 is 5.97 Å². The van der Waals surface area contributed by atoms with Gasteiger partial charge in [0.1, 0.15) is 0 Å². The van der Waals surface area contributed by atoms with Crippen LogP contribution in [0, 0.1) is 0 Å². The summed E-state index contributed by atoms with van der Waals surface area (Å²) in [7, 11) is 0. The van der Waals surface area contributed by atoms with E-state index in [2.05, 4.69) is 40.5 Å². The van der Waals surface area contributed by atoms with Gasteiger partial charge in [-0.3, -0.25) is 0 Å². The van der Waals surface area contributed by atoms with Crippen LogP contribution in [0.15, 0.2) is 66.7 Å². The summed E-state index contributed by atoms with van der Waals surface area (Å²) in [6.07, 6.45) is 2.68. The Morgan fingerprint density at radius 2 is 1.52 bits per heavy atom. The first-order valence-corrected chi connectivity index (χ1v) is 7.72. The maximum atomic E-state index is 10.1. The monoisotopic (exact) mass is 310 g/mol. The largest absolute Gasteiger partial charge is 0.478 e. The smallest absolute Gasteiger partial charge is 0.328 e. The molecule has 0 bridgehead atoms. The predicted octanol–water partition coefficient (Wildman–Crippen LogP) is 2.88. The van der Waals surface area contributed by atoms with E-state index in [0.717, 1.165) is 37.8 Å². The molecule has 0 spiro atoms. The summed E-state index contributed by atoms with van der Waals surface area (Å²) in [6, 6.07) is 19.9. The van der Waals surface area contributed by atoms with Crippen LogP contribution >= 0.6 is 0 Å². The lowest BCUT2D eigenvalue weighted by Crippen LogP contribution is -2.43. The minimum Gasteiger partial charge on any atom is -0.478 e. The minimum absolute atomic E-state index is 0.898. The van der Waals surface area contributed by atoms with Crippen LogP contribution < -0.4 is 10.2 Å². The Morgan fingerprint density at radius 3 is 2.09 bits per heavy atom. The molecule has 0 aliphatic carbocycles. The van der Waals surface area contributed by atoms with Crippen LogP contribution in [0.2, 0.25) is 0 Å². The summed E-state index contributed by atoms with van der Waals surface area (Å²) >= 11 is 0. The SMILES string of the molecule is O=C(O)C=Cc1ccccc1.c1ccc(N2CCNCC2)cc1. The maximum absolute atomic E-state index is 10.1. The summed E-state index contributed by atoms with van der Waals surface area (Å²) in [5.41, 5.74) is 2.24. The minimum atomic E-state index is -0.922. The van der Waals surface area contributed by atoms with Gasteiger partial charge in [0, 0.05) is 37.9 Å². The summed E-state index contributed by atoms with van der Waals surface area (Å²) in [6.45, 7) is 4.47. The van der Waals surface area contributed by atoms with Crippen LogP contribution in [0.25, 0.3) is 6.08 Å². The Morgan fingerprint density at radius 1 is 0.957 bits per heavy atom. The number of benzene rings is 2. The van der Waals surface area contributed by atoms with E-state index in [1.807, 2.05) is 30.3 Å². The fraction of sp³-hybridized carbons (Fsp3) is 0.211. The molecule has 0 amide bonds. The molecule has 2 N–H and O–H groups in total. The van der Waals surface area contributed by atoms with Gasteiger partial charge < -0.3 is 15.3 Å². The van der Waals surface area contributed by atoms with Crippen LogP contribution in [0.5, 0.6) is 0 Å². The zero-order chi connectivity index (χ0) is 16.3. The number of piperazine rings is 1. The Balaban J connectivity index is 0.000000168. The van der Waals surface area contributed by atoms with E-state index in [1.165, 1.54) is 5.69 Å². The van der Waals surface area contributed by atoms with Gasteiger partial charge in [-0.1, -0.05) is 48.5 Å². The van der Waals surface area contributed by atoms with Gasteiger partial charge in [0.05, 0.1) is 0 Å². The molecule has 1 saturated heterocycles. The number of nitrogens with one attached hydrogen (secondary N) is 1. The molecule has 4 heteroatoms. The number of rotatable bonds is 3. The van der Waals surface area contributed by atoms with Crippen molar-refractivity contribution in [3.63, 3.8) is 0 Å². The molecule has 2 aromatic carbocycles. The van der Waals surface area contributed by atoms with Crippen molar-refractivity contribution in [1.29, 1.82) is 0 Å². The topological polar surface area (TPSA) is 52.6 Å². The highest BCUT2D eigenvalue weighted by Gasteiger charge is 2.08. The van der Waals surface area contributed by atoms with Crippen molar-refractivity contribution in [3.8, 4) is 0 Å². The van der Waals surface area contributed by atoms with Crippen molar-refractivity contribution >= 4 is 17.7 Å². The van der Waals surface area contributed by atoms with Crippen molar-refractivity contribution in [2.24, 2.45) is 0 Å². The van der Waals surface area contributed by atoms with Gasteiger partial charge in [-0.2, -0.15) is 0 Å². The molecule has 1 aliphatic heterocycles. The number of hydrogen-bond acceptors (Lipinski definition) is 3. The lowest BCUT2D eigenvalue weighted by atomic mass is 10.2. The number of anilines is 1. The number of aliphatic carboxylic acids is 1. The molecule has 1 heterocycles. The van der Waals surface area contributed by atoms with Crippen LogP contribution in [-0.2, 0) is 4.79 Å². The summed E-state index contributed by atoms with van der Waals surface area (Å²) in [5.74, 6) is -0.922. The fourth-order valence-corrected chi connectivity index (χ4v) is 2.29. The summed E-state index contributed by atoms with van der Waals surface area (Å²) in [4.78, 5) is 12.5. The first-order valence-electron chi connectivity index (χ1n) is 7.72. The van der Waals surface area contributed by atoms with Crippen molar-refractivity contribution in [3.05, 3.63) is 72.3 Å². The van der Waals surface area contributed by atoms with E-state index in [1.54, 1.807) is 6.08 Å². The third-order valence-corrected chi connectivity index (χ3v) is 3.46. The number of nitrogens with zero attached hydrogens (tertiary/aromatic N) is 1. The summed E-state index contributed by atoms with van der Waals surface area (Å²) in [5, 5.41) is 11.6. The van der Waals surface area contributed by atoms with Crippen LogP contribution in [0.1, 0.15) is 5.56 Å². The van der Waals surface area contributed by atoms with Crippen molar-refractivity contribution in [1.82, 2.24) is 5.32 Å². The van der Waals surface area contributed by atoms with Crippen LogP contribution in [0.3, 0.4) is 0 Å². The lowest BCUT2D eigenvalue weighted by molar-refractivity contribution is -0.131. The van der Waals surface area contributed by atoms with Gasteiger partial charge in [-0.15, -0.1) is 0 Å². The zero-order valence-electron chi connectivity index (χ0n) is 13.1.